The van der Waals surface area contributed by atoms with Crippen LogP contribution in [0.2, 0.25) is 0 Å². The molecule has 0 amide bonds. The number of nitrogens with zero attached hydrogens (tertiary/aromatic N) is 2. The molecule has 5 nitrogen and oxygen atoms in total. The number of aromatic nitrogens is 2. The van der Waals surface area contributed by atoms with Gasteiger partial charge >= 0.3 is 15.6 Å². The zero-order valence-corrected chi connectivity index (χ0v) is 12.4. The lowest BCUT2D eigenvalue weighted by atomic mass is 10.1. The van der Waals surface area contributed by atoms with Crippen LogP contribution < -0.4 is 4.18 Å². The van der Waals surface area contributed by atoms with Gasteiger partial charge in [-0.2, -0.15) is 26.7 Å². The van der Waals surface area contributed by atoms with E-state index in [1.54, 1.807) is 24.3 Å². The van der Waals surface area contributed by atoms with Gasteiger partial charge in [-0.15, -0.1) is 5.10 Å². The maximum Gasteiger partial charge on any atom is 0.534 e. The molecule has 0 unspecified atom stereocenters. The highest BCUT2D eigenvalue weighted by Gasteiger charge is 2.48. The van der Waals surface area contributed by atoms with Crippen molar-refractivity contribution in [2.24, 2.45) is 0 Å². The predicted molar refractivity (Wildman–Crippen MR) is 70.8 cm³/mol. The van der Waals surface area contributed by atoms with E-state index < -0.39 is 21.5 Å². The number of alkyl halides is 3. The molecule has 0 saturated carbocycles. The number of rotatable bonds is 3. The van der Waals surface area contributed by atoms with Crippen LogP contribution >= 0.6 is 15.9 Å². The average Bonchev–Trinajstić information content (AvgIpc) is 2.38. The Labute approximate surface area is 126 Å². The van der Waals surface area contributed by atoms with Crippen LogP contribution in [0, 0.1) is 0 Å². The van der Waals surface area contributed by atoms with E-state index in [0.29, 0.717) is 11.1 Å². The Hall–Kier alpha value is -1.68. The average molecular weight is 383 g/mol. The molecule has 112 valence electrons. The topological polar surface area (TPSA) is 69.2 Å². The molecule has 10 heteroatoms. The minimum atomic E-state index is -5.77. The molecular weight excluding hydrogens is 377 g/mol. The molecule has 0 saturated heterocycles. The standard InChI is InChI=1S/C11H6BrF3N2O3S/c12-9-3-1-7(2-4-9)8-5-10(17-16-6-8)20-21(18,19)11(13,14)15/h1-6H. The Morgan fingerprint density at radius 2 is 1.71 bits per heavy atom. The van der Waals surface area contributed by atoms with Crippen molar-refractivity contribution < 1.29 is 25.8 Å². The molecule has 1 heterocycles. The molecule has 0 aliphatic rings. The van der Waals surface area contributed by atoms with E-state index in [1.807, 2.05) is 0 Å². The molecule has 1 aromatic heterocycles. The monoisotopic (exact) mass is 382 g/mol. The molecule has 0 fully saturated rings. The second-order valence-corrected chi connectivity index (χ2v) is 6.23. The number of hydrogen-bond donors (Lipinski definition) is 0. The fourth-order valence-electron chi connectivity index (χ4n) is 1.35. The first-order valence-corrected chi connectivity index (χ1v) is 7.48. The van der Waals surface area contributed by atoms with Crippen molar-refractivity contribution in [2.75, 3.05) is 0 Å². The molecule has 0 atom stereocenters. The van der Waals surface area contributed by atoms with Crippen molar-refractivity contribution in [3.05, 3.63) is 41.0 Å². The van der Waals surface area contributed by atoms with Crippen LogP contribution in [-0.4, -0.2) is 24.1 Å². The highest BCUT2D eigenvalue weighted by molar-refractivity contribution is 9.10. The third-order valence-electron chi connectivity index (χ3n) is 2.29. The van der Waals surface area contributed by atoms with Crippen molar-refractivity contribution in [1.82, 2.24) is 10.2 Å². The second kappa shape index (κ2) is 5.60. The van der Waals surface area contributed by atoms with Crippen molar-refractivity contribution in [1.29, 1.82) is 0 Å². The molecule has 0 aliphatic heterocycles. The predicted octanol–water partition coefficient (Wildman–Crippen LogP) is 3.13. The highest BCUT2D eigenvalue weighted by atomic mass is 79.9. The van der Waals surface area contributed by atoms with Gasteiger partial charge in [-0.1, -0.05) is 28.1 Å². The third-order valence-corrected chi connectivity index (χ3v) is 3.77. The van der Waals surface area contributed by atoms with Gasteiger partial charge in [0.2, 0.25) is 0 Å². The molecule has 0 N–H and O–H groups in total. The molecule has 0 spiro atoms. The zero-order valence-electron chi connectivity index (χ0n) is 10.0. The van der Waals surface area contributed by atoms with E-state index in [4.69, 9.17) is 0 Å². The van der Waals surface area contributed by atoms with Crippen LogP contribution in [0.4, 0.5) is 13.2 Å². The van der Waals surface area contributed by atoms with Crippen LogP contribution in [0.5, 0.6) is 5.88 Å². The summed E-state index contributed by atoms with van der Waals surface area (Å²) in [6, 6.07) is 7.82. The van der Waals surface area contributed by atoms with Gasteiger partial charge in [-0.05, 0) is 17.7 Å². The van der Waals surface area contributed by atoms with E-state index in [9.17, 15) is 21.6 Å². The van der Waals surface area contributed by atoms with Gasteiger partial charge in [0, 0.05) is 16.1 Å². The lowest BCUT2D eigenvalue weighted by Gasteiger charge is -2.09. The fraction of sp³-hybridized carbons (Fsp3) is 0.0909. The molecule has 0 aliphatic carbocycles. The minimum Gasteiger partial charge on any atom is -0.354 e. The third kappa shape index (κ3) is 3.70. The van der Waals surface area contributed by atoms with E-state index in [0.717, 1.165) is 10.5 Å². The normalized spacial score (nSPS) is 12.2. The van der Waals surface area contributed by atoms with E-state index in [2.05, 4.69) is 30.3 Å². The fourth-order valence-corrected chi connectivity index (χ4v) is 2.01. The summed E-state index contributed by atoms with van der Waals surface area (Å²) in [5.41, 5.74) is -4.55. The van der Waals surface area contributed by atoms with Crippen molar-refractivity contribution >= 4 is 26.0 Å². The minimum absolute atomic E-state index is 0.366. The summed E-state index contributed by atoms with van der Waals surface area (Å²) in [5.74, 6) is -0.757. The highest BCUT2D eigenvalue weighted by Crippen LogP contribution is 2.28. The number of halogens is 4. The molecule has 1 aromatic carbocycles. The van der Waals surface area contributed by atoms with Gasteiger partial charge in [-0.3, -0.25) is 0 Å². The molecule has 2 rings (SSSR count). The summed E-state index contributed by atoms with van der Waals surface area (Å²) in [6.45, 7) is 0. The van der Waals surface area contributed by atoms with Gasteiger partial charge in [-0.25, -0.2) is 0 Å². The first-order chi connectivity index (χ1) is 9.69. The Morgan fingerprint density at radius 3 is 2.29 bits per heavy atom. The van der Waals surface area contributed by atoms with Gasteiger partial charge in [0.15, 0.2) is 0 Å². The van der Waals surface area contributed by atoms with E-state index >= 15 is 0 Å². The maximum atomic E-state index is 12.2. The molecular formula is C11H6BrF3N2O3S. The largest absolute Gasteiger partial charge is 0.534 e. The van der Waals surface area contributed by atoms with Crippen molar-refractivity contribution in [3.63, 3.8) is 0 Å². The van der Waals surface area contributed by atoms with Gasteiger partial charge < -0.3 is 4.18 Å². The first-order valence-electron chi connectivity index (χ1n) is 5.28. The SMILES string of the molecule is O=S(=O)(Oc1cc(-c2ccc(Br)cc2)cnn1)C(F)(F)F. The smallest absolute Gasteiger partial charge is 0.354 e. The number of benzene rings is 1. The summed E-state index contributed by atoms with van der Waals surface area (Å²) in [6.07, 6.45) is 1.27. The van der Waals surface area contributed by atoms with Crippen LogP contribution in [0.3, 0.4) is 0 Å². The Balaban J connectivity index is 2.33. The van der Waals surface area contributed by atoms with Crippen LogP contribution in [0.15, 0.2) is 41.0 Å². The van der Waals surface area contributed by atoms with E-state index in [1.165, 1.54) is 6.20 Å². The van der Waals surface area contributed by atoms with Crippen LogP contribution in [0.1, 0.15) is 0 Å². The molecule has 0 radical (unpaired) electrons. The molecule has 21 heavy (non-hydrogen) atoms. The Bertz CT molecular complexity index is 748. The summed E-state index contributed by atoms with van der Waals surface area (Å²) in [4.78, 5) is 0. The molecule has 0 bridgehead atoms. The van der Waals surface area contributed by atoms with Gasteiger partial charge in [0.25, 0.3) is 5.88 Å². The summed E-state index contributed by atoms with van der Waals surface area (Å²) in [7, 11) is -5.77. The Morgan fingerprint density at radius 1 is 1.10 bits per heavy atom. The van der Waals surface area contributed by atoms with Crippen LogP contribution in [-0.2, 0) is 10.1 Å². The van der Waals surface area contributed by atoms with Crippen molar-refractivity contribution in [3.8, 4) is 17.0 Å². The maximum absolute atomic E-state index is 12.2. The lowest BCUT2D eigenvalue weighted by Crippen LogP contribution is -2.28. The summed E-state index contributed by atoms with van der Waals surface area (Å²) >= 11 is 3.24. The van der Waals surface area contributed by atoms with Gasteiger partial charge in [0.1, 0.15) is 0 Å². The zero-order chi connectivity index (χ0) is 15.7. The summed E-state index contributed by atoms with van der Waals surface area (Å²) in [5, 5.41) is 6.65. The lowest BCUT2D eigenvalue weighted by molar-refractivity contribution is -0.0501. The quantitative estimate of drug-likeness (QED) is 0.602. The van der Waals surface area contributed by atoms with Crippen molar-refractivity contribution in [2.45, 2.75) is 5.51 Å². The second-order valence-electron chi connectivity index (χ2n) is 3.77. The Kier molecular flexibility index (Phi) is 4.19. The van der Waals surface area contributed by atoms with Gasteiger partial charge in [0.05, 0.1) is 6.20 Å². The van der Waals surface area contributed by atoms with E-state index in [-0.39, 0.29) is 0 Å². The summed E-state index contributed by atoms with van der Waals surface area (Å²) < 4.78 is 63.2. The first kappa shape index (κ1) is 15.7. The van der Waals surface area contributed by atoms with Crippen LogP contribution in [0.25, 0.3) is 11.1 Å². The number of hydrogen-bond acceptors (Lipinski definition) is 5. The molecule has 2 aromatic rings.